The molecule has 0 N–H and O–H groups in total. The first-order valence-electron chi connectivity index (χ1n) is 4.49. The lowest BCUT2D eigenvalue weighted by Crippen LogP contribution is -1.83. The zero-order valence-corrected chi connectivity index (χ0v) is 10.2. The van der Waals surface area contributed by atoms with Gasteiger partial charge in [-0.15, -0.1) is 0 Å². The van der Waals surface area contributed by atoms with Crippen molar-refractivity contribution < 1.29 is 4.39 Å². The average molecular weight is 276 g/mol. The van der Waals surface area contributed by atoms with Gasteiger partial charge >= 0.3 is 0 Å². The minimum absolute atomic E-state index is 0.0851. The van der Waals surface area contributed by atoms with Crippen molar-refractivity contribution in [1.82, 2.24) is 0 Å². The van der Waals surface area contributed by atoms with Crippen LogP contribution >= 0.6 is 34.8 Å². The first-order chi connectivity index (χ1) is 7.59. The third kappa shape index (κ3) is 2.17. The molecule has 0 atom stereocenters. The topological polar surface area (TPSA) is 0 Å². The fraction of sp³-hybridized carbons (Fsp3) is 0. The van der Waals surface area contributed by atoms with E-state index in [-0.39, 0.29) is 5.02 Å². The van der Waals surface area contributed by atoms with E-state index in [1.807, 2.05) is 0 Å². The Balaban J connectivity index is 2.59. The second kappa shape index (κ2) is 4.62. The largest absolute Gasteiger partial charge is 0.205 e. The van der Waals surface area contributed by atoms with Gasteiger partial charge in [0.05, 0.1) is 15.1 Å². The minimum Gasteiger partial charge on any atom is -0.205 e. The monoisotopic (exact) mass is 274 g/mol. The van der Waals surface area contributed by atoms with E-state index in [4.69, 9.17) is 34.8 Å². The summed E-state index contributed by atoms with van der Waals surface area (Å²) in [5.41, 5.74) is 1.33. The van der Waals surface area contributed by atoms with Crippen molar-refractivity contribution >= 4 is 34.8 Å². The molecule has 0 bridgehead atoms. The molecular weight excluding hydrogens is 269 g/mol. The van der Waals surface area contributed by atoms with Gasteiger partial charge in [0, 0.05) is 5.56 Å². The Bertz CT molecular complexity index is 538. The maximum atomic E-state index is 13.3. The molecule has 0 saturated heterocycles. The van der Waals surface area contributed by atoms with Gasteiger partial charge in [0.1, 0.15) is 5.82 Å². The molecule has 0 aromatic heterocycles. The molecule has 0 nitrogen and oxygen atoms in total. The average Bonchev–Trinajstić information content (AvgIpc) is 2.26. The highest BCUT2D eigenvalue weighted by molar-refractivity contribution is 6.43. The van der Waals surface area contributed by atoms with Crippen molar-refractivity contribution in [3.63, 3.8) is 0 Å². The Morgan fingerprint density at radius 2 is 1.62 bits per heavy atom. The molecule has 0 spiro atoms. The van der Waals surface area contributed by atoms with E-state index >= 15 is 0 Å². The van der Waals surface area contributed by atoms with Crippen LogP contribution in [0.15, 0.2) is 36.4 Å². The Hall–Kier alpha value is -0.760. The van der Waals surface area contributed by atoms with Gasteiger partial charge in [0.2, 0.25) is 0 Å². The van der Waals surface area contributed by atoms with Crippen molar-refractivity contribution in [2.24, 2.45) is 0 Å². The molecule has 0 radical (unpaired) electrons. The lowest BCUT2D eigenvalue weighted by Gasteiger charge is -2.06. The van der Waals surface area contributed by atoms with Crippen LogP contribution in [0.25, 0.3) is 11.1 Å². The van der Waals surface area contributed by atoms with E-state index in [1.54, 1.807) is 24.3 Å². The molecule has 0 saturated carbocycles. The number of rotatable bonds is 1. The summed E-state index contributed by atoms with van der Waals surface area (Å²) in [6.45, 7) is 0. The van der Waals surface area contributed by atoms with Crippen molar-refractivity contribution in [2.75, 3.05) is 0 Å². The molecule has 0 unspecified atom stereocenters. The molecule has 2 aromatic carbocycles. The van der Waals surface area contributed by atoms with Gasteiger partial charge in [0.25, 0.3) is 0 Å². The van der Waals surface area contributed by atoms with Crippen LogP contribution in [-0.4, -0.2) is 0 Å². The molecule has 16 heavy (non-hydrogen) atoms. The van der Waals surface area contributed by atoms with Gasteiger partial charge < -0.3 is 0 Å². The highest BCUT2D eigenvalue weighted by Gasteiger charge is 2.08. The fourth-order valence-electron chi connectivity index (χ4n) is 1.39. The Morgan fingerprint density at radius 1 is 0.875 bits per heavy atom. The van der Waals surface area contributed by atoms with Gasteiger partial charge in [-0.25, -0.2) is 4.39 Å². The summed E-state index contributed by atoms with van der Waals surface area (Å²) in [5.74, 6) is -0.477. The molecular formula is C12H6Cl3F. The zero-order chi connectivity index (χ0) is 11.7. The van der Waals surface area contributed by atoms with E-state index < -0.39 is 5.82 Å². The molecule has 82 valence electrons. The van der Waals surface area contributed by atoms with E-state index in [0.29, 0.717) is 21.2 Å². The van der Waals surface area contributed by atoms with Gasteiger partial charge in [-0.1, -0.05) is 53.0 Å². The quantitative estimate of drug-likeness (QED) is 0.649. The summed E-state index contributed by atoms with van der Waals surface area (Å²) in [4.78, 5) is 0. The molecule has 0 fully saturated rings. The summed E-state index contributed by atoms with van der Waals surface area (Å²) in [5, 5.41) is 0.933. The lowest BCUT2D eigenvalue weighted by molar-refractivity contribution is 0.629. The van der Waals surface area contributed by atoms with Crippen LogP contribution in [0.3, 0.4) is 0 Å². The fourth-order valence-corrected chi connectivity index (χ4v) is 1.92. The first kappa shape index (κ1) is 11.7. The third-order valence-corrected chi connectivity index (χ3v) is 3.31. The van der Waals surface area contributed by atoms with Gasteiger partial charge in [0.15, 0.2) is 0 Å². The van der Waals surface area contributed by atoms with Crippen LogP contribution in [0.1, 0.15) is 0 Å². The predicted octanol–water partition coefficient (Wildman–Crippen LogP) is 5.45. The molecule has 2 rings (SSSR count). The predicted molar refractivity (Wildman–Crippen MR) is 66.9 cm³/mol. The lowest BCUT2D eigenvalue weighted by atomic mass is 10.1. The number of benzene rings is 2. The van der Waals surface area contributed by atoms with Crippen molar-refractivity contribution in [2.45, 2.75) is 0 Å². The van der Waals surface area contributed by atoms with E-state index in [0.717, 1.165) is 0 Å². The smallest absolute Gasteiger partial charge is 0.142 e. The molecule has 0 aliphatic heterocycles. The van der Waals surface area contributed by atoms with Crippen LogP contribution in [0.5, 0.6) is 0 Å². The maximum absolute atomic E-state index is 13.3. The van der Waals surface area contributed by atoms with Crippen LogP contribution in [0.4, 0.5) is 4.39 Å². The van der Waals surface area contributed by atoms with Crippen molar-refractivity contribution in [3.05, 3.63) is 57.3 Å². The van der Waals surface area contributed by atoms with Gasteiger partial charge in [-0.2, -0.15) is 0 Å². The normalized spacial score (nSPS) is 10.5. The Kier molecular flexibility index (Phi) is 3.38. The van der Waals surface area contributed by atoms with Gasteiger partial charge in [-0.05, 0) is 23.8 Å². The number of hydrogen-bond acceptors (Lipinski definition) is 0. The maximum Gasteiger partial charge on any atom is 0.142 e. The van der Waals surface area contributed by atoms with Crippen LogP contribution in [0, 0.1) is 5.82 Å². The highest BCUT2D eigenvalue weighted by Crippen LogP contribution is 2.34. The molecule has 0 aliphatic carbocycles. The number of halogens is 4. The summed E-state index contributed by atoms with van der Waals surface area (Å²) in [6, 6.07) is 9.74. The SMILES string of the molecule is Fc1cc(-c2cccc(Cl)c2Cl)ccc1Cl. The van der Waals surface area contributed by atoms with Crippen LogP contribution < -0.4 is 0 Å². The summed E-state index contributed by atoms with van der Waals surface area (Å²) in [6.07, 6.45) is 0. The number of hydrogen-bond donors (Lipinski definition) is 0. The Labute approximate surface area is 108 Å². The van der Waals surface area contributed by atoms with E-state index in [2.05, 4.69) is 0 Å². The van der Waals surface area contributed by atoms with E-state index in [1.165, 1.54) is 12.1 Å². The van der Waals surface area contributed by atoms with Gasteiger partial charge in [-0.3, -0.25) is 0 Å². The standard InChI is InChI=1S/C12H6Cl3F/c13-9-5-4-7(6-11(9)16)8-2-1-3-10(14)12(8)15/h1-6H. The first-order valence-corrected chi connectivity index (χ1v) is 5.62. The molecule has 0 heterocycles. The summed E-state index contributed by atoms with van der Waals surface area (Å²) < 4.78 is 13.3. The van der Waals surface area contributed by atoms with Crippen LogP contribution in [-0.2, 0) is 0 Å². The molecule has 0 aliphatic rings. The van der Waals surface area contributed by atoms with Crippen LogP contribution in [0.2, 0.25) is 15.1 Å². The zero-order valence-electron chi connectivity index (χ0n) is 7.98. The molecule has 2 aromatic rings. The summed E-state index contributed by atoms with van der Waals surface area (Å²) in [7, 11) is 0. The van der Waals surface area contributed by atoms with Crippen molar-refractivity contribution in [1.29, 1.82) is 0 Å². The molecule has 0 amide bonds. The van der Waals surface area contributed by atoms with E-state index in [9.17, 15) is 4.39 Å². The second-order valence-electron chi connectivity index (χ2n) is 3.23. The Morgan fingerprint density at radius 3 is 2.31 bits per heavy atom. The summed E-state index contributed by atoms with van der Waals surface area (Å²) >= 11 is 17.5. The molecule has 4 heteroatoms. The van der Waals surface area contributed by atoms with Crippen molar-refractivity contribution in [3.8, 4) is 11.1 Å². The second-order valence-corrected chi connectivity index (χ2v) is 4.42. The minimum atomic E-state index is -0.477. The third-order valence-electron chi connectivity index (χ3n) is 2.18. The highest BCUT2D eigenvalue weighted by atomic mass is 35.5.